The molecule has 2 rings (SSSR count). The largest absolute Gasteiger partial charge is 0.324 e. The van der Waals surface area contributed by atoms with Crippen molar-refractivity contribution < 1.29 is 4.79 Å². The Balaban J connectivity index is 2.13. The standard InChI is InChI=1S/C15H14Cl2N2O/c1-9-2-4-10(5-3-9)14(18)15(20)19-13-7-11(16)6-12(17)8-13/h2-8,14H,18H2,1H3,(H,19,20). The molecule has 0 radical (unpaired) electrons. The molecule has 2 aromatic carbocycles. The van der Waals surface area contributed by atoms with E-state index in [1.165, 1.54) is 0 Å². The van der Waals surface area contributed by atoms with Crippen molar-refractivity contribution in [3.8, 4) is 0 Å². The molecule has 1 atom stereocenters. The number of hydrogen-bond donors (Lipinski definition) is 2. The van der Waals surface area contributed by atoms with E-state index in [1.54, 1.807) is 18.2 Å². The van der Waals surface area contributed by atoms with E-state index in [0.29, 0.717) is 15.7 Å². The van der Waals surface area contributed by atoms with Crippen LogP contribution in [0.3, 0.4) is 0 Å². The summed E-state index contributed by atoms with van der Waals surface area (Å²) in [6.45, 7) is 1.98. The van der Waals surface area contributed by atoms with E-state index in [-0.39, 0.29) is 5.91 Å². The molecule has 5 heteroatoms. The normalized spacial score (nSPS) is 12.0. The van der Waals surface area contributed by atoms with Gasteiger partial charge in [0.25, 0.3) is 0 Å². The summed E-state index contributed by atoms with van der Waals surface area (Å²) in [5.41, 5.74) is 8.32. The molecular formula is C15H14Cl2N2O. The average Bonchev–Trinajstić information content (AvgIpc) is 2.37. The van der Waals surface area contributed by atoms with Crippen LogP contribution in [0.4, 0.5) is 5.69 Å². The van der Waals surface area contributed by atoms with Crippen molar-refractivity contribution in [1.82, 2.24) is 0 Å². The second-order valence-electron chi connectivity index (χ2n) is 4.54. The number of carbonyl (C=O) groups is 1. The second kappa shape index (κ2) is 6.27. The molecule has 0 aliphatic heterocycles. The van der Waals surface area contributed by atoms with Crippen molar-refractivity contribution in [3.05, 3.63) is 63.6 Å². The van der Waals surface area contributed by atoms with E-state index in [2.05, 4.69) is 5.32 Å². The highest BCUT2D eigenvalue weighted by atomic mass is 35.5. The first-order valence-electron chi connectivity index (χ1n) is 6.05. The molecule has 0 fully saturated rings. The predicted octanol–water partition coefficient (Wildman–Crippen LogP) is 3.94. The SMILES string of the molecule is Cc1ccc(C(N)C(=O)Nc2cc(Cl)cc(Cl)c2)cc1. The van der Waals surface area contributed by atoms with Gasteiger partial charge in [-0.1, -0.05) is 53.0 Å². The highest BCUT2D eigenvalue weighted by Crippen LogP contribution is 2.23. The number of rotatable bonds is 3. The van der Waals surface area contributed by atoms with Gasteiger partial charge in [-0.25, -0.2) is 0 Å². The lowest BCUT2D eigenvalue weighted by atomic mass is 10.1. The van der Waals surface area contributed by atoms with Crippen LogP contribution in [0.2, 0.25) is 10.0 Å². The zero-order chi connectivity index (χ0) is 14.7. The predicted molar refractivity (Wildman–Crippen MR) is 83.2 cm³/mol. The zero-order valence-electron chi connectivity index (χ0n) is 10.9. The third-order valence-corrected chi connectivity index (χ3v) is 3.29. The molecule has 0 aliphatic carbocycles. The maximum atomic E-state index is 12.1. The van der Waals surface area contributed by atoms with E-state index in [4.69, 9.17) is 28.9 Å². The van der Waals surface area contributed by atoms with Crippen LogP contribution in [0.5, 0.6) is 0 Å². The molecule has 0 heterocycles. The lowest BCUT2D eigenvalue weighted by Gasteiger charge is -2.13. The van der Waals surface area contributed by atoms with Gasteiger partial charge >= 0.3 is 0 Å². The van der Waals surface area contributed by atoms with E-state index in [1.807, 2.05) is 31.2 Å². The minimum Gasteiger partial charge on any atom is -0.324 e. The highest BCUT2D eigenvalue weighted by molar-refractivity contribution is 6.35. The topological polar surface area (TPSA) is 55.1 Å². The van der Waals surface area contributed by atoms with Crippen LogP contribution in [-0.2, 0) is 4.79 Å². The van der Waals surface area contributed by atoms with Gasteiger partial charge in [0.05, 0.1) is 0 Å². The molecule has 2 aromatic rings. The highest BCUT2D eigenvalue weighted by Gasteiger charge is 2.16. The number of nitrogens with one attached hydrogen (secondary N) is 1. The van der Waals surface area contributed by atoms with Crippen molar-refractivity contribution in [2.45, 2.75) is 13.0 Å². The van der Waals surface area contributed by atoms with Gasteiger partial charge in [0.15, 0.2) is 0 Å². The first kappa shape index (κ1) is 14.9. The Labute approximate surface area is 127 Å². The number of halogens is 2. The van der Waals surface area contributed by atoms with Gasteiger partial charge in [-0.15, -0.1) is 0 Å². The lowest BCUT2D eigenvalue weighted by Crippen LogP contribution is -2.27. The Hall–Kier alpha value is -1.55. The number of benzene rings is 2. The fraction of sp³-hybridized carbons (Fsp3) is 0.133. The number of amides is 1. The summed E-state index contributed by atoms with van der Waals surface area (Å²) in [6.07, 6.45) is 0. The van der Waals surface area contributed by atoms with Gasteiger partial charge in [0.2, 0.25) is 5.91 Å². The molecule has 0 spiro atoms. The van der Waals surface area contributed by atoms with Gasteiger partial charge in [0, 0.05) is 15.7 Å². The molecular weight excluding hydrogens is 295 g/mol. The van der Waals surface area contributed by atoms with Gasteiger partial charge in [-0.3, -0.25) is 4.79 Å². The van der Waals surface area contributed by atoms with Crippen molar-refractivity contribution >= 4 is 34.8 Å². The Kier molecular flexibility index (Phi) is 4.65. The van der Waals surface area contributed by atoms with E-state index >= 15 is 0 Å². The number of anilines is 1. The summed E-state index contributed by atoms with van der Waals surface area (Å²) >= 11 is 11.8. The van der Waals surface area contributed by atoms with Crippen LogP contribution >= 0.6 is 23.2 Å². The number of aryl methyl sites for hydroxylation is 1. The molecule has 0 saturated heterocycles. The minimum atomic E-state index is -0.742. The number of carbonyl (C=O) groups excluding carboxylic acids is 1. The van der Waals surface area contributed by atoms with Gasteiger partial charge < -0.3 is 11.1 Å². The maximum absolute atomic E-state index is 12.1. The van der Waals surface area contributed by atoms with Crippen LogP contribution in [0.25, 0.3) is 0 Å². The lowest BCUT2D eigenvalue weighted by molar-refractivity contribution is -0.117. The van der Waals surface area contributed by atoms with Crippen LogP contribution < -0.4 is 11.1 Å². The summed E-state index contributed by atoms with van der Waals surface area (Å²) in [7, 11) is 0. The maximum Gasteiger partial charge on any atom is 0.245 e. The summed E-state index contributed by atoms with van der Waals surface area (Å²) in [5, 5.41) is 3.61. The monoisotopic (exact) mass is 308 g/mol. The molecule has 0 aliphatic rings. The molecule has 1 amide bonds. The van der Waals surface area contributed by atoms with Crippen molar-refractivity contribution in [3.63, 3.8) is 0 Å². The van der Waals surface area contributed by atoms with Gasteiger partial charge in [-0.05, 0) is 30.7 Å². The van der Waals surface area contributed by atoms with Gasteiger partial charge in [0.1, 0.15) is 6.04 Å². The van der Waals surface area contributed by atoms with Crippen LogP contribution in [-0.4, -0.2) is 5.91 Å². The molecule has 0 saturated carbocycles. The number of nitrogens with two attached hydrogens (primary N) is 1. The summed E-state index contributed by atoms with van der Waals surface area (Å²) in [5.74, 6) is -0.313. The Morgan fingerprint density at radius 1 is 1.10 bits per heavy atom. The first-order valence-corrected chi connectivity index (χ1v) is 6.80. The second-order valence-corrected chi connectivity index (χ2v) is 5.41. The smallest absolute Gasteiger partial charge is 0.245 e. The van der Waals surface area contributed by atoms with Crippen molar-refractivity contribution in [2.75, 3.05) is 5.32 Å². The summed E-state index contributed by atoms with van der Waals surface area (Å²) < 4.78 is 0. The average molecular weight is 309 g/mol. The molecule has 3 N–H and O–H groups in total. The molecule has 104 valence electrons. The molecule has 20 heavy (non-hydrogen) atoms. The third kappa shape index (κ3) is 3.73. The fourth-order valence-corrected chi connectivity index (χ4v) is 2.30. The van der Waals surface area contributed by atoms with Crippen molar-refractivity contribution in [1.29, 1.82) is 0 Å². The molecule has 3 nitrogen and oxygen atoms in total. The molecule has 0 aromatic heterocycles. The zero-order valence-corrected chi connectivity index (χ0v) is 12.4. The Morgan fingerprint density at radius 2 is 1.65 bits per heavy atom. The van der Waals surface area contributed by atoms with E-state index in [0.717, 1.165) is 11.1 Å². The van der Waals surface area contributed by atoms with E-state index in [9.17, 15) is 4.79 Å². The Morgan fingerprint density at radius 3 is 2.20 bits per heavy atom. The fourth-order valence-electron chi connectivity index (χ4n) is 1.77. The Bertz CT molecular complexity index is 606. The minimum absolute atomic E-state index is 0.313. The van der Waals surface area contributed by atoms with E-state index < -0.39 is 6.04 Å². The third-order valence-electron chi connectivity index (χ3n) is 2.85. The summed E-state index contributed by atoms with van der Waals surface area (Å²) in [4.78, 5) is 12.1. The molecule has 0 bridgehead atoms. The van der Waals surface area contributed by atoms with Gasteiger partial charge in [-0.2, -0.15) is 0 Å². The number of hydrogen-bond acceptors (Lipinski definition) is 2. The first-order chi connectivity index (χ1) is 9.45. The summed E-state index contributed by atoms with van der Waals surface area (Å²) in [6, 6.07) is 11.6. The van der Waals surface area contributed by atoms with Crippen LogP contribution in [0.15, 0.2) is 42.5 Å². The van der Waals surface area contributed by atoms with Crippen LogP contribution in [0, 0.1) is 6.92 Å². The van der Waals surface area contributed by atoms with Crippen molar-refractivity contribution in [2.24, 2.45) is 5.73 Å². The quantitative estimate of drug-likeness (QED) is 0.902. The van der Waals surface area contributed by atoms with Crippen LogP contribution in [0.1, 0.15) is 17.2 Å². The molecule has 1 unspecified atom stereocenters.